The maximum atomic E-state index is 13.4. The largest absolute Gasteiger partial charge is 0.573 e. The Morgan fingerprint density at radius 3 is 1.62 bits per heavy atom. The first-order valence-electron chi connectivity index (χ1n) is 12.2. The van der Waals surface area contributed by atoms with Crippen molar-refractivity contribution in [3.63, 3.8) is 0 Å². The van der Waals surface area contributed by atoms with Crippen LogP contribution in [0.4, 0.5) is 30.7 Å². The second-order valence-corrected chi connectivity index (χ2v) is 10.9. The van der Waals surface area contributed by atoms with Gasteiger partial charge in [0.25, 0.3) is 0 Å². The maximum absolute atomic E-state index is 13.4. The lowest BCUT2D eigenvalue weighted by atomic mass is 9.70. The normalized spacial score (nSPS) is 12.6. The van der Waals surface area contributed by atoms with E-state index >= 15 is 0 Å². The number of hydrogen-bond acceptors (Lipinski definition) is 4. The van der Waals surface area contributed by atoms with Crippen molar-refractivity contribution >= 4 is 10.0 Å². The van der Waals surface area contributed by atoms with E-state index in [1.54, 1.807) is 30.3 Å². The fourth-order valence-electron chi connectivity index (χ4n) is 4.48. The van der Waals surface area contributed by atoms with E-state index in [2.05, 4.69) is 14.2 Å². The van der Waals surface area contributed by atoms with Gasteiger partial charge in [-0.05, 0) is 71.6 Å². The molecule has 0 amide bonds. The molecule has 0 atom stereocenters. The molecule has 0 aliphatic heterocycles. The molecule has 0 unspecified atom stereocenters. The van der Waals surface area contributed by atoms with Crippen LogP contribution in [0.15, 0.2) is 108 Å². The average molecular weight is 614 g/mol. The van der Waals surface area contributed by atoms with Crippen LogP contribution in [0.1, 0.15) is 16.7 Å². The lowest BCUT2D eigenvalue weighted by molar-refractivity contribution is -0.275. The molecule has 42 heavy (non-hydrogen) atoms. The predicted octanol–water partition coefficient (Wildman–Crippen LogP) is 7.13. The molecule has 0 aliphatic carbocycles. The predicted molar refractivity (Wildman–Crippen MR) is 139 cm³/mol. The minimum Gasteiger partial charge on any atom is -0.406 e. The Morgan fingerprint density at radius 1 is 0.643 bits per heavy atom. The van der Waals surface area contributed by atoms with E-state index in [0.717, 1.165) is 48.5 Å². The zero-order valence-electron chi connectivity index (χ0n) is 21.4. The SMILES string of the molecule is O=S(=O)(NCC(Cc1ccccc1)(c1cccc(OC(F)(F)F)c1)c1cccc(OC(F)(F)F)c1)c1ccc(F)cc1. The zero-order chi connectivity index (χ0) is 30.6. The molecule has 1 N–H and O–H groups in total. The lowest BCUT2D eigenvalue weighted by Gasteiger charge is -2.36. The molecule has 4 aromatic rings. The monoisotopic (exact) mass is 613 g/mol. The summed E-state index contributed by atoms with van der Waals surface area (Å²) in [6, 6.07) is 21.8. The topological polar surface area (TPSA) is 64.6 Å². The summed E-state index contributed by atoms with van der Waals surface area (Å²) >= 11 is 0. The zero-order valence-corrected chi connectivity index (χ0v) is 22.2. The number of rotatable bonds is 10. The van der Waals surface area contributed by atoms with E-state index in [0.29, 0.717) is 5.56 Å². The van der Waals surface area contributed by atoms with Gasteiger partial charge >= 0.3 is 12.7 Å². The molecule has 13 heteroatoms. The number of ether oxygens (including phenoxy) is 2. The minimum atomic E-state index is -5.05. The van der Waals surface area contributed by atoms with E-state index in [1.165, 1.54) is 24.3 Å². The molecular weight excluding hydrogens is 591 g/mol. The Morgan fingerprint density at radius 2 is 1.14 bits per heavy atom. The third-order valence-corrected chi connectivity index (χ3v) is 7.69. The van der Waals surface area contributed by atoms with Gasteiger partial charge in [-0.15, -0.1) is 26.3 Å². The summed E-state index contributed by atoms with van der Waals surface area (Å²) in [5, 5.41) is 0. The number of nitrogens with one attached hydrogen (secondary N) is 1. The van der Waals surface area contributed by atoms with E-state index < -0.39 is 52.0 Å². The summed E-state index contributed by atoms with van der Waals surface area (Å²) in [6.07, 6.45) is -10.2. The van der Waals surface area contributed by atoms with Crippen LogP contribution in [0.2, 0.25) is 0 Å². The standard InChI is InChI=1S/C29H22F7NO4S/c30-23-12-14-26(15-13-23)42(38,39)37-19-27(18-20-6-2-1-3-7-20,21-8-4-10-24(16-21)40-28(31,32)33)22-9-5-11-25(17-22)41-29(34,35)36/h1-17,37H,18-19H2. The summed E-state index contributed by atoms with van der Waals surface area (Å²) in [5.41, 5.74) is -0.828. The summed E-state index contributed by atoms with van der Waals surface area (Å²) in [6.45, 7) is -0.535. The molecule has 4 aromatic carbocycles. The van der Waals surface area contributed by atoms with Gasteiger partial charge in [0, 0.05) is 12.0 Å². The van der Waals surface area contributed by atoms with E-state index in [-0.39, 0.29) is 22.4 Å². The van der Waals surface area contributed by atoms with Crippen LogP contribution in [0.25, 0.3) is 0 Å². The van der Waals surface area contributed by atoms with Gasteiger partial charge in [-0.25, -0.2) is 17.5 Å². The second kappa shape index (κ2) is 12.0. The smallest absolute Gasteiger partial charge is 0.406 e. The van der Waals surface area contributed by atoms with Crippen molar-refractivity contribution in [2.75, 3.05) is 6.54 Å². The summed E-state index contributed by atoms with van der Waals surface area (Å²) < 4.78 is 129. The molecule has 4 rings (SSSR count). The number of sulfonamides is 1. The molecular formula is C29H22F7NO4S. The maximum Gasteiger partial charge on any atom is 0.573 e. The highest BCUT2D eigenvalue weighted by Gasteiger charge is 2.39. The minimum absolute atomic E-state index is 0.0787. The van der Waals surface area contributed by atoms with Gasteiger partial charge in [0.2, 0.25) is 10.0 Å². The lowest BCUT2D eigenvalue weighted by Crippen LogP contribution is -2.43. The number of alkyl halides is 6. The van der Waals surface area contributed by atoms with Crippen molar-refractivity contribution in [1.29, 1.82) is 0 Å². The van der Waals surface area contributed by atoms with E-state index in [9.17, 15) is 39.2 Å². The van der Waals surface area contributed by atoms with Crippen molar-refractivity contribution in [2.24, 2.45) is 0 Å². The van der Waals surface area contributed by atoms with Crippen molar-refractivity contribution in [3.8, 4) is 11.5 Å². The van der Waals surface area contributed by atoms with Crippen LogP contribution in [-0.4, -0.2) is 27.7 Å². The first-order chi connectivity index (χ1) is 19.7. The quantitative estimate of drug-likeness (QED) is 0.193. The highest BCUT2D eigenvalue weighted by atomic mass is 32.2. The molecule has 5 nitrogen and oxygen atoms in total. The van der Waals surface area contributed by atoms with Gasteiger partial charge in [0.05, 0.1) is 4.90 Å². The van der Waals surface area contributed by atoms with Crippen LogP contribution in [-0.2, 0) is 21.9 Å². The van der Waals surface area contributed by atoms with Gasteiger partial charge in [-0.3, -0.25) is 0 Å². The molecule has 0 spiro atoms. The van der Waals surface area contributed by atoms with Crippen LogP contribution in [0, 0.1) is 5.82 Å². The first-order valence-corrected chi connectivity index (χ1v) is 13.7. The van der Waals surface area contributed by atoms with Crippen LogP contribution in [0.5, 0.6) is 11.5 Å². The van der Waals surface area contributed by atoms with Crippen molar-refractivity contribution in [2.45, 2.75) is 29.5 Å². The third kappa shape index (κ3) is 8.01. The first kappa shape index (κ1) is 30.8. The third-order valence-electron chi connectivity index (χ3n) is 6.28. The second-order valence-electron chi connectivity index (χ2n) is 9.17. The van der Waals surface area contributed by atoms with E-state index in [4.69, 9.17) is 0 Å². The molecule has 0 saturated heterocycles. The van der Waals surface area contributed by atoms with Crippen molar-refractivity contribution in [3.05, 3.63) is 126 Å². The molecule has 0 aliphatic rings. The Labute approximate surface area is 236 Å². The van der Waals surface area contributed by atoms with Gasteiger partial charge in [-0.2, -0.15) is 0 Å². The highest BCUT2D eigenvalue weighted by molar-refractivity contribution is 7.89. The Kier molecular flexibility index (Phi) is 8.83. The van der Waals surface area contributed by atoms with Gasteiger partial charge < -0.3 is 9.47 Å². The van der Waals surface area contributed by atoms with Crippen LogP contribution >= 0.6 is 0 Å². The fourth-order valence-corrected chi connectivity index (χ4v) is 5.58. The van der Waals surface area contributed by atoms with Gasteiger partial charge in [0.15, 0.2) is 0 Å². The molecule has 0 fully saturated rings. The van der Waals surface area contributed by atoms with E-state index in [1.807, 2.05) is 0 Å². The molecule has 0 radical (unpaired) electrons. The Balaban J connectivity index is 1.91. The molecule has 0 aromatic heterocycles. The van der Waals surface area contributed by atoms with Crippen molar-refractivity contribution < 1.29 is 48.6 Å². The Hall–Kier alpha value is -4.10. The van der Waals surface area contributed by atoms with Gasteiger partial charge in [-0.1, -0.05) is 54.6 Å². The molecule has 0 saturated carbocycles. The number of halogens is 7. The molecule has 0 bridgehead atoms. The summed E-state index contributed by atoms with van der Waals surface area (Å²) in [7, 11) is -4.34. The average Bonchev–Trinajstić information content (AvgIpc) is 2.90. The number of benzene rings is 4. The highest BCUT2D eigenvalue weighted by Crippen LogP contribution is 2.40. The summed E-state index contributed by atoms with van der Waals surface area (Å²) in [5.74, 6) is -1.93. The van der Waals surface area contributed by atoms with Crippen molar-refractivity contribution in [1.82, 2.24) is 4.72 Å². The number of hydrogen-bond donors (Lipinski definition) is 1. The van der Waals surface area contributed by atoms with Crippen LogP contribution in [0.3, 0.4) is 0 Å². The summed E-state index contributed by atoms with van der Waals surface area (Å²) in [4.78, 5) is -0.305. The molecule has 222 valence electrons. The van der Waals surface area contributed by atoms with Gasteiger partial charge in [0.1, 0.15) is 17.3 Å². The molecule has 0 heterocycles. The Bertz CT molecular complexity index is 1550. The van der Waals surface area contributed by atoms with Crippen LogP contribution < -0.4 is 14.2 Å². The fraction of sp³-hybridized carbons (Fsp3) is 0.172.